The first kappa shape index (κ1) is 21.9. The maximum Gasteiger partial charge on any atom is 0.247 e. The summed E-state index contributed by atoms with van der Waals surface area (Å²) in [5, 5.41) is 1.34. The maximum atomic E-state index is 13.3. The molecule has 0 N–H and O–H groups in total. The van der Waals surface area contributed by atoms with Gasteiger partial charge in [-0.2, -0.15) is 0 Å². The van der Waals surface area contributed by atoms with E-state index in [1.165, 1.54) is 0 Å². The molecule has 0 spiro atoms. The Hall–Kier alpha value is -2.30. The van der Waals surface area contributed by atoms with Crippen LogP contribution in [0.15, 0.2) is 48.5 Å². The lowest BCUT2D eigenvalue weighted by molar-refractivity contribution is -0.128. The highest BCUT2D eigenvalue weighted by atomic mass is 35.5. The predicted molar refractivity (Wildman–Crippen MR) is 128 cm³/mol. The van der Waals surface area contributed by atoms with Crippen LogP contribution in [-0.4, -0.2) is 26.4 Å². The van der Waals surface area contributed by atoms with E-state index in [4.69, 9.17) is 28.2 Å². The van der Waals surface area contributed by atoms with Crippen molar-refractivity contribution in [2.24, 2.45) is 0 Å². The van der Waals surface area contributed by atoms with Gasteiger partial charge in [-0.1, -0.05) is 61.2 Å². The Bertz CT molecular complexity index is 1100. The number of hydrogen-bond donors (Lipinski definition) is 0. The maximum absolute atomic E-state index is 13.3. The number of aryl methyl sites for hydroxylation is 1. The number of fused-ring (bicyclic) bond motifs is 1. The van der Waals surface area contributed by atoms with Crippen LogP contribution in [-0.2, 0) is 17.9 Å². The molecule has 1 aliphatic carbocycles. The van der Waals surface area contributed by atoms with Gasteiger partial charge in [0.05, 0.1) is 17.6 Å². The monoisotopic (exact) mass is 455 g/mol. The van der Waals surface area contributed by atoms with Crippen molar-refractivity contribution in [2.75, 3.05) is 0 Å². The fraction of sp³-hybridized carbons (Fsp3) is 0.360. The Morgan fingerprint density at radius 2 is 1.97 bits per heavy atom. The van der Waals surface area contributed by atoms with Gasteiger partial charge in [0.25, 0.3) is 0 Å². The molecule has 0 saturated heterocycles. The number of amides is 1. The smallest absolute Gasteiger partial charge is 0.247 e. The Labute approximate surface area is 193 Å². The van der Waals surface area contributed by atoms with Crippen molar-refractivity contribution in [3.05, 3.63) is 70.0 Å². The van der Waals surface area contributed by atoms with E-state index in [9.17, 15) is 4.79 Å². The van der Waals surface area contributed by atoms with Crippen LogP contribution >= 0.6 is 23.2 Å². The number of carbonyl (C=O) groups is 1. The average molecular weight is 456 g/mol. The zero-order valence-corrected chi connectivity index (χ0v) is 19.2. The van der Waals surface area contributed by atoms with Crippen LogP contribution in [0.25, 0.3) is 17.1 Å². The highest BCUT2D eigenvalue weighted by Crippen LogP contribution is 2.28. The topological polar surface area (TPSA) is 38.1 Å². The van der Waals surface area contributed by atoms with E-state index in [-0.39, 0.29) is 11.9 Å². The van der Waals surface area contributed by atoms with Crippen molar-refractivity contribution in [1.82, 2.24) is 14.5 Å². The van der Waals surface area contributed by atoms with Gasteiger partial charge in [-0.15, -0.1) is 0 Å². The highest BCUT2D eigenvalue weighted by molar-refractivity contribution is 6.32. The summed E-state index contributed by atoms with van der Waals surface area (Å²) in [6.07, 6.45) is 8.81. The first-order valence-electron chi connectivity index (χ1n) is 10.9. The number of nitrogens with zero attached hydrogens (tertiary/aromatic N) is 3. The van der Waals surface area contributed by atoms with Gasteiger partial charge >= 0.3 is 0 Å². The average Bonchev–Trinajstić information content (AvgIpc) is 3.40. The molecular formula is C25H27Cl2N3O. The minimum Gasteiger partial charge on any atom is -0.329 e. The van der Waals surface area contributed by atoms with Gasteiger partial charge in [0, 0.05) is 28.7 Å². The lowest BCUT2D eigenvalue weighted by Gasteiger charge is -2.28. The van der Waals surface area contributed by atoms with Crippen molar-refractivity contribution in [3.63, 3.8) is 0 Å². The molecule has 3 aromatic rings. The van der Waals surface area contributed by atoms with Gasteiger partial charge in [0.15, 0.2) is 0 Å². The lowest BCUT2D eigenvalue weighted by atomic mass is 10.1. The van der Waals surface area contributed by atoms with Gasteiger partial charge in [0.1, 0.15) is 5.82 Å². The molecule has 0 aliphatic heterocycles. The summed E-state index contributed by atoms with van der Waals surface area (Å²) in [6, 6.07) is 13.6. The van der Waals surface area contributed by atoms with Crippen LogP contribution in [0.1, 0.15) is 50.4 Å². The van der Waals surface area contributed by atoms with Gasteiger partial charge in [0.2, 0.25) is 5.91 Å². The summed E-state index contributed by atoms with van der Waals surface area (Å²) in [6.45, 7) is 3.48. The molecule has 0 radical (unpaired) electrons. The second-order valence-corrected chi connectivity index (χ2v) is 8.92. The van der Waals surface area contributed by atoms with Crippen molar-refractivity contribution in [1.29, 1.82) is 0 Å². The third-order valence-electron chi connectivity index (χ3n) is 5.91. The SMILES string of the molecule is CCCn1c(CN(C(=O)/C=C/c2ccccc2Cl)C2CCCC2)nc2ccc(Cl)cc21. The summed E-state index contributed by atoms with van der Waals surface area (Å²) >= 11 is 12.5. The molecule has 4 rings (SSSR count). The Morgan fingerprint density at radius 3 is 2.71 bits per heavy atom. The van der Waals surface area contributed by atoms with Crippen molar-refractivity contribution < 1.29 is 4.79 Å². The van der Waals surface area contributed by atoms with Gasteiger partial charge in [-0.3, -0.25) is 4.79 Å². The van der Waals surface area contributed by atoms with Crippen LogP contribution in [0.4, 0.5) is 0 Å². The molecule has 2 aromatic carbocycles. The molecule has 6 heteroatoms. The van der Waals surface area contributed by atoms with Crippen molar-refractivity contribution in [3.8, 4) is 0 Å². The summed E-state index contributed by atoms with van der Waals surface area (Å²) < 4.78 is 2.20. The Kier molecular flexibility index (Phi) is 6.99. The summed E-state index contributed by atoms with van der Waals surface area (Å²) in [4.78, 5) is 20.1. The van der Waals surface area contributed by atoms with Crippen LogP contribution < -0.4 is 0 Å². The minimum absolute atomic E-state index is 0.0000401. The van der Waals surface area contributed by atoms with Crippen LogP contribution in [0.2, 0.25) is 10.0 Å². The number of benzene rings is 2. The number of imidazole rings is 1. The van der Waals surface area contributed by atoms with E-state index >= 15 is 0 Å². The largest absolute Gasteiger partial charge is 0.329 e. The molecule has 0 atom stereocenters. The third-order valence-corrected chi connectivity index (χ3v) is 6.49. The number of aromatic nitrogens is 2. The summed E-state index contributed by atoms with van der Waals surface area (Å²) in [5.41, 5.74) is 2.78. The van der Waals surface area contributed by atoms with E-state index in [0.29, 0.717) is 16.6 Å². The van der Waals surface area contributed by atoms with E-state index in [2.05, 4.69) is 11.5 Å². The molecular weight excluding hydrogens is 429 g/mol. The van der Waals surface area contributed by atoms with E-state index in [1.807, 2.05) is 47.4 Å². The fourth-order valence-corrected chi connectivity index (χ4v) is 4.73. The van der Waals surface area contributed by atoms with Crippen LogP contribution in [0, 0.1) is 0 Å². The first-order chi connectivity index (χ1) is 15.1. The molecule has 31 heavy (non-hydrogen) atoms. The molecule has 1 fully saturated rings. The number of hydrogen-bond acceptors (Lipinski definition) is 2. The van der Waals surface area contributed by atoms with E-state index in [1.54, 1.807) is 12.2 Å². The molecule has 1 amide bonds. The highest BCUT2D eigenvalue weighted by Gasteiger charge is 2.27. The molecule has 0 unspecified atom stereocenters. The van der Waals surface area contributed by atoms with Crippen molar-refractivity contribution >= 4 is 46.2 Å². The minimum atomic E-state index is -0.0000401. The van der Waals surface area contributed by atoms with Gasteiger partial charge in [-0.05, 0) is 55.2 Å². The van der Waals surface area contributed by atoms with Crippen molar-refractivity contribution in [2.45, 2.75) is 58.2 Å². The predicted octanol–water partition coefficient (Wildman–Crippen LogP) is 6.74. The van der Waals surface area contributed by atoms with Crippen LogP contribution in [0.3, 0.4) is 0 Å². The lowest BCUT2D eigenvalue weighted by Crippen LogP contribution is -2.38. The molecule has 1 aromatic heterocycles. The second kappa shape index (κ2) is 9.88. The Balaban J connectivity index is 1.65. The number of rotatable bonds is 7. The second-order valence-electron chi connectivity index (χ2n) is 8.07. The summed E-state index contributed by atoms with van der Waals surface area (Å²) in [5.74, 6) is 0.908. The standard InChI is InChI=1S/C25H27Cl2N3O/c1-2-15-29-23-16-19(26)12-13-22(23)28-24(29)17-30(20-8-4-5-9-20)25(31)14-11-18-7-3-6-10-21(18)27/h3,6-7,10-14,16,20H,2,4-5,8-9,15,17H2,1H3/b14-11+. The molecule has 0 bridgehead atoms. The molecule has 1 aliphatic rings. The number of carbonyl (C=O) groups excluding carboxylic acids is 1. The normalized spacial score (nSPS) is 14.7. The zero-order valence-electron chi connectivity index (χ0n) is 17.7. The van der Waals surface area contributed by atoms with Crippen LogP contribution in [0.5, 0.6) is 0 Å². The van der Waals surface area contributed by atoms with Gasteiger partial charge < -0.3 is 9.47 Å². The molecule has 4 nitrogen and oxygen atoms in total. The third kappa shape index (κ3) is 4.97. The first-order valence-corrected chi connectivity index (χ1v) is 11.7. The fourth-order valence-electron chi connectivity index (χ4n) is 4.36. The number of halogens is 2. The molecule has 1 heterocycles. The molecule has 1 saturated carbocycles. The Morgan fingerprint density at radius 1 is 1.19 bits per heavy atom. The van der Waals surface area contributed by atoms with E-state index < -0.39 is 0 Å². The van der Waals surface area contributed by atoms with Gasteiger partial charge in [-0.25, -0.2) is 4.98 Å². The quantitative estimate of drug-likeness (QED) is 0.370. The summed E-state index contributed by atoms with van der Waals surface area (Å²) in [7, 11) is 0. The molecule has 162 valence electrons. The van der Waals surface area contributed by atoms with E-state index in [0.717, 1.165) is 61.1 Å². The zero-order chi connectivity index (χ0) is 21.8.